The molecule has 0 aromatic carbocycles. The van der Waals surface area contributed by atoms with Crippen molar-refractivity contribution in [2.24, 2.45) is 4.66 Å². The van der Waals surface area contributed by atoms with E-state index in [9.17, 15) is 5.11 Å². The van der Waals surface area contributed by atoms with E-state index in [4.69, 9.17) is 0 Å². The largest absolute Gasteiger partial charge is 0.384 e. The second-order valence-corrected chi connectivity index (χ2v) is 9.17. The van der Waals surface area contributed by atoms with Gasteiger partial charge in [-0.05, 0) is 39.4 Å². The first-order valence-corrected chi connectivity index (χ1v) is 8.49. The molecule has 3 heteroatoms. The van der Waals surface area contributed by atoms with Crippen molar-refractivity contribution in [3.05, 3.63) is 0 Å². The van der Waals surface area contributed by atoms with Crippen LogP contribution in [0.5, 0.6) is 0 Å². The van der Waals surface area contributed by atoms with Gasteiger partial charge < -0.3 is 9.76 Å². The third kappa shape index (κ3) is 4.05. The number of hydrogen-bond donors (Lipinski definition) is 1. The Kier molecular flexibility index (Phi) is 4.32. The fourth-order valence-electron chi connectivity index (χ4n) is 1.37. The van der Waals surface area contributed by atoms with Crippen LogP contribution >= 0.6 is 0 Å². The molecule has 0 saturated heterocycles. The Labute approximate surface area is 83.2 Å². The zero-order chi connectivity index (χ0) is 10.7. The molecule has 0 amide bonds. The van der Waals surface area contributed by atoms with E-state index < -0.39 is 13.8 Å². The van der Waals surface area contributed by atoms with E-state index in [0.717, 1.165) is 18.6 Å². The molecule has 1 N–H and O–H groups in total. The molecule has 0 unspecified atom stereocenters. The molecule has 0 fully saturated rings. The highest BCUT2D eigenvalue weighted by molar-refractivity contribution is 6.75. The van der Waals surface area contributed by atoms with E-state index in [2.05, 4.69) is 24.3 Å². The van der Waals surface area contributed by atoms with Crippen molar-refractivity contribution in [2.45, 2.75) is 58.9 Å². The molecule has 0 atom stereocenters. The average Bonchev–Trinajstić information content (AvgIpc) is 2.00. The van der Waals surface area contributed by atoms with Gasteiger partial charge in [-0.3, -0.25) is 0 Å². The standard InChI is InChI=1S/C10H23NOSi/c1-7-10(12,8-2)9(3)11-13(4,5)6/h12H,7-8H2,1-6H3. The Morgan fingerprint density at radius 1 is 1.23 bits per heavy atom. The van der Waals surface area contributed by atoms with Crippen LogP contribution in [-0.4, -0.2) is 24.7 Å². The van der Waals surface area contributed by atoms with E-state index >= 15 is 0 Å². The van der Waals surface area contributed by atoms with E-state index in [1.54, 1.807) is 0 Å². The predicted octanol–water partition coefficient (Wildman–Crippen LogP) is 2.83. The van der Waals surface area contributed by atoms with Gasteiger partial charge in [0.15, 0.2) is 8.24 Å². The smallest absolute Gasteiger partial charge is 0.172 e. The van der Waals surface area contributed by atoms with Gasteiger partial charge in [-0.25, -0.2) is 0 Å². The summed E-state index contributed by atoms with van der Waals surface area (Å²) in [6, 6.07) is 0. The molecule has 0 aliphatic rings. The molecule has 0 rings (SSSR count). The molecule has 0 saturated carbocycles. The molecule has 78 valence electrons. The van der Waals surface area contributed by atoms with Gasteiger partial charge in [-0.1, -0.05) is 13.8 Å². The molecule has 0 aliphatic carbocycles. The lowest BCUT2D eigenvalue weighted by atomic mass is 9.93. The van der Waals surface area contributed by atoms with Crippen molar-refractivity contribution in [1.82, 2.24) is 0 Å². The van der Waals surface area contributed by atoms with Crippen LogP contribution in [0.4, 0.5) is 0 Å². The van der Waals surface area contributed by atoms with Crippen LogP contribution in [0.3, 0.4) is 0 Å². The van der Waals surface area contributed by atoms with Gasteiger partial charge >= 0.3 is 0 Å². The number of nitrogens with zero attached hydrogens (tertiary/aromatic N) is 1. The Bertz CT molecular complexity index is 190. The first kappa shape index (κ1) is 12.8. The first-order valence-electron chi connectivity index (χ1n) is 5.04. The molecule has 0 heterocycles. The minimum atomic E-state index is -1.43. The van der Waals surface area contributed by atoms with Gasteiger partial charge in [-0.2, -0.15) is 0 Å². The van der Waals surface area contributed by atoms with Crippen molar-refractivity contribution in [3.63, 3.8) is 0 Å². The molecule has 2 nitrogen and oxygen atoms in total. The van der Waals surface area contributed by atoms with Crippen molar-refractivity contribution < 1.29 is 5.11 Å². The monoisotopic (exact) mass is 201 g/mol. The Hall–Kier alpha value is -0.153. The predicted molar refractivity (Wildman–Crippen MR) is 62.0 cm³/mol. The molecule has 0 radical (unpaired) electrons. The fraction of sp³-hybridized carbons (Fsp3) is 0.900. The second-order valence-electron chi connectivity index (χ2n) is 4.61. The van der Waals surface area contributed by atoms with Gasteiger partial charge in [0.2, 0.25) is 0 Å². The lowest BCUT2D eigenvalue weighted by molar-refractivity contribution is 0.103. The number of rotatable bonds is 4. The Morgan fingerprint density at radius 3 is 1.85 bits per heavy atom. The van der Waals surface area contributed by atoms with Crippen molar-refractivity contribution in [3.8, 4) is 0 Å². The molecule has 13 heavy (non-hydrogen) atoms. The summed E-state index contributed by atoms with van der Waals surface area (Å²) in [7, 11) is -1.43. The molecular weight excluding hydrogens is 178 g/mol. The minimum Gasteiger partial charge on any atom is -0.384 e. The maximum Gasteiger partial charge on any atom is 0.172 e. The van der Waals surface area contributed by atoms with Crippen LogP contribution in [-0.2, 0) is 0 Å². The highest BCUT2D eigenvalue weighted by Gasteiger charge is 2.27. The molecule has 0 spiro atoms. The van der Waals surface area contributed by atoms with Gasteiger partial charge in [0.25, 0.3) is 0 Å². The van der Waals surface area contributed by atoms with Crippen LogP contribution in [0.2, 0.25) is 19.6 Å². The van der Waals surface area contributed by atoms with Gasteiger partial charge in [0.1, 0.15) is 5.60 Å². The molecule has 0 aromatic heterocycles. The van der Waals surface area contributed by atoms with Crippen LogP contribution in [0.25, 0.3) is 0 Å². The fourth-order valence-corrected chi connectivity index (χ4v) is 2.58. The summed E-state index contributed by atoms with van der Waals surface area (Å²) in [5.41, 5.74) is 0.247. The van der Waals surface area contributed by atoms with E-state index in [0.29, 0.717) is 0 Å². The summed E-state index contributed by atoms with van der Waals surface area (Å²) in [5.74, 6) is 0. The lowest BCUT2D eigenvalue weighted by Crippen LogP contribution is -2.37. The summed E-state index contributed by atoms with van der Waals surface area (Å²) in [6.45, 7) is 12.5. The van der Waals surface area contributed by atoms with Gasteiger partial charge in [0, 0.05) is 5.71 Å². The van der Waals surface area contributed by atoms with Crippen molar-refractivity contribution in [2.75, 3.05) is 0 Å². The van der Waals surface area contributed by atoms with Gasteiger partial charge in [-0.15, -0.1) is 0 Å². The number of hydrogen-bond acceptors (Lipinski definition) is 2. The third-order valence-electron chi connectivity index (χ3n) is 2.35. The Morgan fingerprint density at radius 2 is 1.62 bits per heavy atom. The third-order valence-corrected chi connectivity index (χ3v) is 3.35. The molecule has 0 aliphatic heterocycles. The zero-order valence-electron chi connectivity index (χ0n) is 9.81. The molecule has 0 bridgehead atoms. The zero-order valence-corrected chi connectivity index (χ0v) is 10.8. The highest BCUT2D eigenvalue weighted by Crippen LogP contribution is 2.18. The molecule has 0 aromatic rings. The minimum absolute atomic E-state index is 0.666. The maximum absolute atomic E-state index is 10.2. The first-order chi connectivity index (χ1) is 5.75. The van der Waals surface area contributed by atoms with Crippen LogP contribution < -0.4 is 0 Å². The van der Waals surface area contributed by atoms with E-state index in [-0.39, 0.29) is 0 Å². The Balaban J connectivity index is 4.75. The summed E-state index contributed by atoms with van der Waals surface area (Å²) in [4.78, 5) is 0. The van der Waals surface area contributed by atoms with E-state index in [1.165, 1.54) is 0 Å². The van der Waals surface area contributed by atoms with Crippen LogP contribution in [0, 0.1) is 0 Å². The van der Waals surface area contributed by atoms with Crippen molar-refractivity contribution >= 4 is 13.9 Å². The van der Waals surface area contributed by atoms with E-state index in [1.807, 2.05) is 20.8 Å². The lowest BCUT2D eigenvalue weighted by Gasteiger charge is -2.27. The maximum atomic E-state index is 10.2. The topological polar surface area (TPSA) is 32.6 Å². The van der Waals surface area contributed by atoms with Gasteiger partial charge in [0.05, 0.1) is 0 Å². The van der Waals surface area contributed by atoms with Crippen LogP contribution in [0.15, 0.2) is 4.66 Å². The SMILES string of the molecule is CCC(O)(CC)C(C)=N[Si](C)(C)C. The average molecular weight is 201 g/mol. The number of aliphatic hydroxyl groups is 1. The summed E-state index contributed by atoms with van der Waals surface area (Å²) >= 11 is 0. The van der Waals surface area contributed by atoms with Crippen molar-refractivity contribution in [1.29, 1.82) is 0 Å². The normalized spacial score (nSPS) is 14.8. The summed E-state index contributed by atoms with van der Waals surface area (Å²) in [5, 5.41) is 10.2. The quantitative estimate of drug-likeness (QED) is 0.550. The summed E-state index contributed by atoms with van der Waals surface area (Å²) < 4.78 is 4.63. The highest BCUT2D eigenvalue weighted by atomic mass is 28.3. The second kappa shape index (κ2) is 4.38. The summed E-state index contributed by atoms with van der Waals surface area (Å²) in [6.07, 6.45) is 1.51. The van der Waals surface area contributed by atoms with Crippen LogP contribution in [0.1, 0.15) is 33.6 Å². The molecular formula is C10H23NOSi.